The van der Waals surface area contributed by atoms with Crippen LogP contribution in [0, 0.1) is 52.3 Å². The van der Waals surface area contributed by atoms with E-state index in [9.17, 15) is 18.1 Å². The van der Waals surface area contributed by atoms with Crippen LogP contribution in [0.3, 0.4) is 0 Å². The number of unbranched alkanes of at least 4 members (excludes halogenated alkanes) is 1. The Hall–Kier alpha value is 0.406. The van der Waals surface area contributed by atoms with Crippen molar-refractivity contribution in [1.29, 1.82) is 0 Å². The Balaban J connectivity index is 0.00000576. The number of rotatable bonds is 16. The van der Waals surface area contributed by atoms with Gasteiger partial charge in [0.05, 0.1) is 12.2 Å². The molecule has 10 nitrogen and oxygen atoms in total. The standard InChI is InChI=1S/C34H61N5O5S.K/c1-23(2)31(44-45(41,42)43)12-9-24(3)27-10-11-28-32-29(14-16-34(27,28)5)33(4)15-13-26(21-25(33)22-30(32)40)37-19-8-18-36-17-6-7-20-38-39-35;/h23-25,27-32,36,40H,6-22H2,1-5H3,(H,41,42,43);/q;+1/p-1/t24-,25-,27-,28?,29?,30-,31-,32?,33+,34-;/m1./s1. The van der Waals surface area contributed by atoms with Crippen molar-refractivity contribution in [1.82, 2.24) is 5.32 Å². The van der Waals surface area contributed by atoms with Crippen LogP contribution in [0.1, 0.15) is 118 Å². The zero-order chi connectivity index (χ0) is 32.8. The van der Waals surface area contributed by atoms with E-state index in [0.717, 1.165) is 77.4 Å². The number of azide groups is 1. The summed E-state index contributed by atoms with van der Waals surface area (Å²) in [6.45, 7) is 14.4. The van der Waals surface area contributed by atoms with Crippen LogP contribution in [0.4, 0.5) is 0 Å². The van der Waals surface area contributed by atoms with Gasteiger partial charge in [0.25, 0.3) is 0 Å². The van der Waals surface area contributed by atoms with Gasteiger partial charge in [-0.1, -0.05) is 39.7 Å². The molecular formula is C34H60KN5O5S. The minimum absolute atomic E-state index is 0. The molecule has 10 atom stereocenters. The fourth-order valence-electron chi connectivity index (χ4n) is 10.5. The molecule has 0 heterocycles. The number of aliphatic imine (C=N–C) groups is 1. The molecule has 0 aromatic carbocycles. The summed E-state index contributed by atoms with van der Waals surface area (Å²) in [6, 6.07) is 0. The topological polar surface area (TPSA) is 160 Å². The third-order valence-corrected chi connectivity index (χ3v) is 13.4. The molecule has 0 aromatic heterocycles. The van der Waals surface area contributed by atoms with Crippen molar-refractivity contribution >= 4 is 16.1 Å². The van der Waals surface area contributed by atoms with Crippen LogP contribution in [0.25, 0.3) is 10.4 Å². The molecule has 258 valence electrons. The van der Waals surface area contributed by atoms with E-state index in [2.05, 4.69) is 36.1 Å². The van der Waals surface area contributed by atoms with Crippen molar-refractivity contribution in [2.75, 3.05) is 26.2 Å². The van der Waals surface area contributed by atoms with Gasteiger partial charge in [0.1, 0.15) is 0 Å². The summed E-state index contributed by atoms with van der Waals surface area (Å²) in [7, 11) is -4.72. The molecule has 0 saturated heterocycles. The molecule has 0 amide bonds. The Morgan fingerprint density at radius 3 is 2.46 bits per heavy atom. The first-order valence-electron chi connectivity index (χ1n) is 17.9. The van der Waals surface area contributed by atoms with Crippen LogP contribution in [-0.2, 0) is 14.6 Å². The molecule has 0 radical (unpaired) electrons. The molecular weight excluding hydrogens is 630 g/mol. The molecule has 4 aliphatic rings. The van der Waals surface area contributed by atoms with Crippen LogP contribution >= 0.6 is 0 Å². The maximum atomic E-state index is 11.8. The maximum absolute atomic E-state index is 11.8. The van der Waals surface area contributed by atoms with E-state index >= 15 is 0 Å². The van der Waals surface area contributed by atoms with Crippen molar-refractivity contribution in [3.63, 3.8) is 0 Å². The molecule has 46 heavy (non-hydrogen) atoms. The van der Waals surface area contributed by atoms with Crippen molar-refractivity contribution in [2.24, 2.45) is 62.4 Å². The van der Waals surface area contributed by atoms with Gasteiger partial charge in [0, 0.05) is 23.7 Å². The second-order valence-electron chi connectivity index (χ2n) is 15.8. The summed E-state index contributed by atoms with van der Waals surface area (Å²) >= 11 is 0. The summed E-state index contributed by atoms with van der Waals surface area (Å²) in [6.07, 6.45) is 12.4. The molecule has 0 aromatic rings. The van der Waals surface area contributed by atoms with Gasteiger partial charge < -0.3 is 15.0 Å². The molecule has 12 heteroatoms. The number of nitrogens with zero attached hydrogens (tertiary/aromatic N) is 4. The summed E-state index contributed by atoms with van der Waals surface area (Å²) in [4.78, 5) is 7.82. The first-order valence-corrected chi connectivity index (χ1v) is 19.2. The molecule has 4 aliphatic carbocycles. The summed E-state index contributed by atoms with van der Waals surface area (Å²) in [5.74, 6) is 2.85. The van der Waals surface area contributed by atoms with Gasteiger partial charge in [0.2, 0.25) is 10.4 Å². The van der Waals surface area contributed by atoms with Crippen LogP contribution in [0.5, 0.6) is 0 Å². The Kier molecular flexibility index (Phi) is 16.0. The third-order valence-electron chi connectivity index (χ3n) is 12.9. The van der Waals surface area contributed by atoms with Gasteiger partial charge in [-0.25, -0.2) is 8.42 Å². The van der Waals surface area contributed by atoms with Crippen LogP contribution < -0.4 is 56.7 Å². The Morgan fingerprint density at radius 1 is 1.04 bits per heavy atom. The summed E-state index contributed by atoms with van der Waals surface area (Å²) < 4.78 is 38.8. The SMILES string of the molecule is CC(C)[C@@H](CC[C@@H](C)[C@H]1CCC2C3C(CC[C@@]21C)[C@@]1(C)CCC(=NCCCNCCCCN=[N+]=[N-])C[C@@H]1C[C@H]3O)OS(=O)(=O)[O-].[K+]. The predicted octanol–water partition coefficient (Wildman–Crippen LogP) is 4.05. The van der Waals surface area contributed by atoms with Crippen molar-refractivity contribution in [3.8, 4) is 0 Å². The zero-order valence-electron chi connectivity index (χ0n) is 29.5. The van der Waals surface area contributed by atoms with Crippen LogP contribution in [-0.4, -0.2) is 62.2 Å². The minimum Gasteiger partial charge on any atom is -0.726 e. The average molecular weight is 690 g/mol. The van der Waals surface area contributed by atoms with E-state index in [1.54, 1.807) is 0 Å². The summed E-state index contributed by atoms with van der Waals surface area (Å²) in [5.41, 5.74) is 10.1. The molecule has 4 rings (SSSR count). The van der Waals surface area contributed by atoms with Crippen molar-refractivity contribution < 1.29 is 73.6 Å². The van der Waals surface area contributed by atoms with Gasteiger partial charge >= 0.3 is 51.4 Å². The largest absolute Gasteiger partial charge is 1.00 e. The molecule has 2 N–H and O–H groups in total. The minimum atomic E-state index is -4.72. The molecule has 0 spiro atoms. The second kappa shape index (κ2) is 18.1. The number of fused-ring (bicyclic) bond motifs is 5. The van der Waals surface area contributed by atoms with E-state index in [4.69, 9.17) is 14.7 Å². The molecule has 4 fully saturated rings. The van der Waals surface area contributed by atoms with Crippen molar-refractivity contribution in [3.05, 3.63) is 10.4 Å². The summed E-state index contributed by atoms with van der Waals surface area (Å²) in [5, 5.41) is 18.8. The number of aliphatic hydroxyl groups is 1. The first-order chi connectivity index (χ1) is 21.3. The van der Waals surface area contributed by atoms with Crippen LogP contribution in [0.15, 0.2) is 10.1 Å². The molecule has 0 aliphatic heterocycles. The predicted molar refractivity (Wildman–Crippen MR) is 177 cm³/mol. The van der Waals surface area contributed by atoms with Gasteiger partial charge in [0.15, 0.2) is 0 Å². The van der Waals surface area contributed by atoms with E-state index < -0.39 is 16.5 Å². The number of aliphatic hydroxyl groups excluding tert-OH is 1. The third kappa shape index (κ3) is 10.0. The monoisotopic (exact) mass is 689 g/mol. The van der Waals surface area contributed by atoms with E-state index in [1.165, 1.54) is 25.0 Å². The molecule has 0 bridgehead atoms. The fourth-order valence-corrected chi connectivity index (χ4v) is 11.1. The maximum Gasteiger partial charge on any atom is 1.00 e. The molecule has 3 unspecified atom stereocenters. The zero-order valence-corrected chi connectivity index (χ0v) is 33.4. The van der Waals surface area contributed by atoms with E-state index in [-0.39, 0.29) is 74.2 Å². The first kappa shape index (κ1) is 40.8. The number of hydrogen-bond donors (Lipinski definition) is 2. The normalized spacial score (nSPS) is 36.2. The smallest absolute Gasteiger partial charge is 0.726 e. The molecule has 4 saturated carbocycles. The Bertz CT molecular complexity index is 1170. The average Bonchev–Trinajstić information content (AvgIpc) is 3.33. The van der Waals surface area contributed by atoms with Gasteiger partial charge in [-0.3, -0.25) is 9.18 Å². The second-order valence-corrected chi connectivity index (χ2v) is 16.8. The van der Waals surface area contributed by atoms with Crippen LogP contribution in [0.2, 0.25) is 0 Å². The van der Waals surface area contributed by atoms with E-state index in [1.807, 2.05) is 13.8 Å². The van der Waals surface area contributed by atoms with Gasteiger partial charge in [-0.15, -0.1) is 0 Å². The number of nitrogens with one attached hydrogen (secondary N) is 1. The van der Waals surface area contributed by atoms with Gasteiger partial charge in [-0.05, 0) is 154 Å². The van der Waals surface area contributed by atoms with Gasteiger partial charge in [-0.2, -0.15) is 0 Å². The fraction of sp³-hybridized carbons (Fsp3) is 0.971. The quantitative estimate of drug-likeness (QED) is 0.0473. The Morgan fingerprint density at radius 2 is 1.76 bits per heavy atom. The van der Waals surface area contributed by atoms with Crippen molar-refractivity contribution in [2.45, 2.75) is 130 Å². The van der Waals surface area contributed by atoms with E-state index in [0.29, 0.717) is 48.5 Å². The Labute approximate surface area is 321 Å². The number of hydrogen-bond acceptors (Lipinski definition) is 8.